The predicted octanol–water partition coefficient (Wildman–Crippen LogP) is 2.96. The number of hydrogen-bond donors (Lipinski definition) is 1. The molecule has 0 saturated carbocycles. The molecule has 2 N–H and O–H groups in total. The first-order valence-corrected chi connectivity index (χ1v) is 7.78. The molecule has 5 heteroatoms. The van der Waals surface area contributed by atoms with Crippen LogP contribution in [0.3, 0.4) is 0 Å². The zero-order chi connectivity index (χ0) is 14.3. The van der Waals surface area contributed by atoms with Crippen molar-refractivity contribution in [1.29, 1.82) is 0 Å². The Morgan fingerprint density at radius 1 is 1.40 bits per heavy atom. The summed E-state index contributed by atoms with van der Waals surface area (Å²) >= 11 is 1.43. The Bertz CT molecular complexity index is 614. The predicted molar refractivity (Wildman–Crippen MR) is 80.8 cm³/mol. The van der Waals surface area contributed by atoms with Gasteiger partial charge in [0.2, 0.25) is 0 Å². The fourth-order valence-electron chi connectivity index (χ4n) is 2.91. The first-order valence-electron chi connectivity index (χ1n) is 7.00. The molecule has 2 aromatic heterocycles. The van der Waals surface area contributed by atoms with Gasteiger partial charge in [-0.05, 0) is 36.0 Å². The lowest BCUT2D eigenvalue weighted by atomic mass is 9.87. The van der Waals surface area contributed by atoms with Gasteiger partial charge in [-0.25, -0.2) is 0 Å². The second kappa shape index (κ2) is 4.90. The average molecular weight is 288 g/mol. The number of fused-ring (bicyclic) bond motifs is 1. The summed E-state index contributed by atoms with van der Waals surface area (Å²) in [6, 6.07) is 4.10. The lowest BCUT2D eigenvalue weighted by molar-refractivity contribution is 0.512. The van der Waals surface area contributed by atoms with Crippen LogP contribution in [0.25, 0.3) is 0 Å². The Kier molecular flexibility index (Phi) is 3.34. The third-order valence-corrected chi connectivity index (χ3v) is 4.79. The number of aromatic nitrogens is 3. The van der Waals surface area contributed by atoms with Crippen LogP contribution in [-0.4, -0.2) is 14.6 Å². The van der Waals surface area contributed by atoms with Gasteiger partial charge in [-0.2, -0.15) is 0 Å². The minimum Gasteiger partial charge on any atom is -0.323 e. The Labute approximate surface area is 123 Å². The molecular weight excluding hydrogens is 268 g/mol. The van der Waals surface area contributed by atoms with Crippen molar-refractivity contribution in [3.05, 3.63) is 40.2 Å². The molecule has 0 spiro atoms. The van der Waals surface area contributed by atoms with Crippen molar-refractivity contribution in [2.45, 2.75) is 51.0 Å². The maximum absolute atomic E-state index is 6.55. The van der Waals surface area contributed by atoms with Crippen LogP contribution in [0.4, 0.5) is 0 Å². The monoisotopic (exact) mass is 288 g/mol. The van der Waals surface area contributed by atoms with Gasteiger partial charge in [0.25, 0.3) is 0 Å². The van der Waals surface area contributed by atoms with Gasteiger partial charge in [-0.1, -0.05) is 31.3 Å². The minimum absolute atomic E-state index is 0.0223. The molecule has 0 fully saturated rings. The van der Waals surface area contributed by atoms with E-state index < -0.39 is 0 Å². The zero-order valence-electron chi connectivity index (χ0n) is 12.1. The third-order valence-electron chi connectivity index (χ3n) is 3.96. The fraction of sp³-hybridized carbons (Fsp3) is 0.533. The fourth-order valence-corrected chi connectivity index (χ4v) is 3.84. The van der Waals surface area contributed by atoms with E-state index in [9.17, 15) is 0 Å². The zero-order valence-corrected chi connectivity index (χ0v) is 12.9. The molecule has 0 aliphatic heterocycles. The van der Waals surface area contributed by atoms with E-state index in [1.807, 2.05) is 12.3 Å². The lowest BCUT2D eigenvalue weighted by Gasteiger charge is -2.23. The first-order chi connectivity index (χ1) is 9.48. The second-order valence-electron chi connectivity index (χ2n) is 6.45. The van der Waals surface area contributed by atoms with Gasteiger partial charge in [0.1, 0.15) is 0 Å². The normalized spacial score (nSPS) is 19.9. The molecule has 106 valence electrons. The van der Waals surface area contributed by atoms with Crippen molar-refractivity contribution in [3.63, 3.8) is 0 Å². The number of aryl methyl sites for hydroxylation is 1. The maximum Gasteiger partial charge on any atom is 0.0857 e. The molecule has 1 aliphatic rings. The smallest absolute Gasteiger partial charge is 0.0857 e. The van der Waals surface area contributed by atoms with E-state index in [4.69, 9.17) is 5.73 Å². The van der Waals surface area contributed by atoms with Crippen LogP contribution in [-0.2, 0) is 11.8 Å². The standard InChI is InChI=1S/C15H20N4S/c1-15(2,3)14-13(20-19-18-14)11(16)10-7-6-9-5-4-8-17-12(9)10/h4-5,8,10-11H,6-7,16H2,1-3H3. The third kappa shape index (κ3) is 2.25. The van der Waals surface area contributed by atoms with E-state index in [0.29, 0.717) is 0 Å². The summed E-state index contributed by atoms with van der Waals surface area (Å²) in [6.45, 7) is 6.46. The topological polar surface area (TPSA) is 64.7 Å². The summed E-state index contributed by atoms with van der Waals surface area (Å²) in [7, 11) is 0. The van der Waals surface area contributed by atoms with E-state index in [-0.39, 0.29) is 17.4 Å². The largest absolute Gasteiger partial charge is 0.323 e. The number of rotatable bonds is 2. The molecule has 0 aromatic carbocycles. The van der Waals surface area contributed by atoms with E-state index >= 15 is 0 Å². The van der Waals surface area contributed by atoms with Crippen molar-refractivity contribution in [1.82, 2.24) is 14.6 Å². The molecule has 0 amide bonds. The van der Waals surface area contributed by atoms with E-state index in [1.165, 1.54) is 17.1 Å². The molecule has 0 bridgehead atoms. The average Bonchev–Trinajstić information content (AvgIpc) is 3.04. The van der Waals surface area contributed by atoms with Crippen LogP contribution < -0.4 is 5.73 Å². The number of pyridine rings is 1. The number of nitrogens with zero attached hydrogens (tertiary/aromatic N) is 3. The van der Waals surface area contributed by atoms with E-state index in [1.54, 1.807) is 0 Å². The van der Waals surface area contributed by atoms with Gasteiger partial charge in [-0.15, -0.1) is 5.10 Å². The SMILES string of the molecule is CC(C)(C)c1nnsc1C(N)C1CCc2cccnc21. The van der Waals surface area contributed by atoms with E-state index in [2.05, 4.69) is 41.4 Å². The van der Waals surface area contributed by atoms with Gasteiger partial charge in [-0.3, -0.25) is 4.98 Å². The lowest BCUT2D eigenvalue weighted by Crippen LogP contribution is -2.23. The summed E-state index contributed by atoms with van der Waals surface area (Å²) in [6.07, 6.45) is 3.99. The highest BCUT2D eigenvalue weighted by atomic mass is 32.1. The number of nitrogens with two attached hydrogens (primary N) is 1. The molecule has 0 radical (unpaired) electrons. The molecule has 2 heterocycles. The highest BCUT2D eigenvalue weighted by Crippen LogP contribution is 2.42. The Balaban J connectivity index is 1.95. The Morgan fingerprint density at radius 2 is 2.20 bits per heavy atom. The van der Waals surface area contributed by atoms with Crippen molar-refractivity contribution in [3.8, 4) is 0 Å². The van der Waals surface area contributed by atoms with Gasteiger partial charge >= 0.3 is 0 Å². The van der Waals surface area contributed by atoms with Crippen LogP contribution >= 0.6 is 11.5 Å². The highest BCUT2D eigenvalue weighted by molar-refractivity contribution is 7.05. The first kappa shape index (κ1) is 13.6. The summed E-state index contributed by atoms with van der Waals surface area (Å²) in [4.78, 5) is 5.66. The molecule has 2 aromatic rings. The molecule has 4 nitrogen and oxygen atoms in total. The second-order valence-corrected chi connectivity index (χ2v) is 7.24. The number of hydrogen-bond acceptors (Lipinski definition) is 5. The molecule has 2 atom stereocenters. The molecule has 0 saturated heterocycles. The molecule has 2 unspecified atom stereocenters. The summed E-state index contributed by atoms with van der Waals surface area (Å²) in [5, 5.41) is 4.30. The van der Waals surface area contributed by atoms with Crippen LogP contribution in [0.2, 0.25) is 0 Å². The van der Waals surface area contributed by atoms with Crippen LogP contribution in [0.15, 0.2) is 18.3 Å². The van der Waals surface area contributed by atoms with Crippen molar-refractivity contribution in [2.75, 3.05) is 0 Å². The van der Waals surface area contributed by atoms with Crippen molar-refractivity contribution < 1.29 is 0 Å². The summed E-state index contributed by atoms with van der Waals surface area (Å²) < 4.78 is 4.13. The minimum atomic E-state index is -0.0552. The van der Waals surface area contributed by atoms with Gasteiger partial charge in [0, 0.05) is 23.2 Å². The molecule has 3 rings (SSSR count). The summed E-state index contributed by atoms with van der Waals surface area (Å²) in [5.41, 5.74) is 10.0. The molecule has 1 aliphatic carbocycles. The summed E-state index contributed by atoms with van der Waals surface area (Å²) in [5.74, 6) is 0.287. The quantitative estimate of drug-likeness (QED) is 0.922. The van der Waals surface area contributed by atoms with Crippen LogP contribution in [0.1, 0.15) is 61.0 Å². The van der Waals surface area contributed by atoms with Gasteiger partial charge in [0.15, 0.2) is 0 Å². The van der Waals surface area contributed by atoms with Crippen molar-refractivity contribution in [2.24, 2.45) is 5.73 Å². The molecular formula is C15H20N4S. The van der Waals surface area contributed by atoms with Gasteiger partial charge < -0.3 is 5.73 Å². The van der Waals surface area contributed by atoms with Crippen molar-refractivity contribution >= 4 is 11.5 Å². The molecule has 20 heavy (non-hydrogen) atoms. The highest BCUT2D eigenvalue weighted by Gasteiger charge is 2.34. The van der Waals surface area contributed by atoms with Gasteiger partial charge in [0.05, 0.1) is 16.6 Å². The maximum atomic E-state index is 6.55. The van der Waals surface area contributed by atoms with Crippen LogP contribution in [0, 0.1) is 0 Å². The van der Waals surface area contributed by atoms with E-state index in [0.717, 1.165) is 29.1 Å². The Hall–Kier alpha value is -1.33. The van der Waals surface area contributed by atoms with Crippen LogP contribution in [0.5, 0.6) is 0 Å². The Morgan fingerprint density at radius 3 is 2.95 bits per heavy atom.